The zero-order chi connectivity index (χ0) is 25.8. The second kappa shape index (κ2) is 19.2. The Morgan fingerprint density at radius 2 is 1.26 bits per heavy atom. The van der Waals surface area contributed by atoms with E-state index in [0.29, 0.717) is 13.0 Å². The highest BCUT2D eigenvalue weighted by Crippen LogP contribution is 2.13. The molecule has 1 N–H and O–H groups in total. The van der Waals surface area contributed by atoms with Gasteiger partial charge in [0.15, 0.2) is 0 Å². The number of hydrogen-bond donors (Lipinski definition) is 1. The molecule has 0 unspecified atom stereocenters. The third-order valence-electron chi connectivity index (χ3n) is 6.00. The molecule has 5 nitrogen and oxygen atoms in total. The van der Waals surface area contributed by atoms with Crippen LogP contribution in [-0.4, -0.2) is 30.3 Å². The summed E-state index contributed by atoms with van der Waals surface area (Å²) in [6, 6.07) is 8.86. The van der Waals surface area contributed by atoms with Crippen LogP contribution >= 0.6 is 0 Å². The van der Waals surface area contributed by atoms with Gasteiger partial charge in [0.25, 0.3) is 0 Å². The number of amides is 1. The number of nitrogens with one attached hydrogen (secondary N) is 1. The van der Waals surface area contributed by atoms with E-state index in [0.717, 1.165) is 18.4 Å². The van der Waals surface area contributed by atoms with Crippen LogP contribution in [0.15, 0.2) is 30.3 Å². The van der Waals surface area contributed by atoms with Crippen LogP contribution < -0.4 is 5.32 Å². The first-order valence-corrected chi connectivity index (χ1v) is 14.0. The number of carbonyl (C=O) groups is 2. The molecule has 35 heavy (non-hydrogen) atoms. The minimum atomic E-state index is -0.765. The number of unbranched alkanes of at least 4 members (excludes halogenated alkanes) is 13. The number of carbonyl (C=O) groups excluding carboxylic acids is 2. The number of benzene rings is 1. The zero-order valence-electron chi connectivity index (χ0n) is 22.9. The van der Waals surface area contributed by atoms with Crippen LogP contribution in [0.2, 0.25) is 0 Å². The van der Waals surface area contributed by atoms with Gasteiger partial charge in [-0.2, -0.15) is 0 Å². The number of alkyl carbamates (subject to hydrolysis) is 1. The monoisotopic (exact) mass is 489 g/mol. The molecule has 200 valence electrons. The lowest BCUT2D eigenvalue weighted by Crippen LogP contribution is -2.45. The fourth-order valence-electron chi connectivity index (χ4n) is 4.06. The topological polar surface area (TPSA) is 64.6 Å². The Labute approximate surface area is 214 Å². The normalized spacial score (nSPS) is 12.2. The summed E-state index contributed by atoms with van der Waals surface area (Å²) in [7, 11) is 0. The minimum absolute atomic E-state index is 0.373. The molecule has 1 amide bonds. The summed E-state index contributed by atoms with van der Waals surface area (Å²) < 4.78 is 10.8. The Morgan fingerprint density at radius 3 is 1.74 bits per heavy atom. The second-order valence-electron chi connectivity index (χ2n) is 10.7. The first kappa shape index (κ1) is 31.0. The fourth-order valence-corrected chi connectivity index (χ4v) is 4.06. The molecule has 1 atom stereocenters. The van der Waals surface area contributed by atoms with Gasteiger partial charge >= 0.3 is 12.1 Å². The average Bonchev–Trinajstić information content (AvgIpc) is 2.80. The third-order valence-corrected chi connectivity index (χ3v) is 6.00. The van der Waals surface area contributed by atoms with Crippen LogP contribution in [0.5, 0.6) is 0 Å². The van der Waals surface area contributed by atoms with Crippen molar-refractivity contribution in [2.45, 2.75) is 136 Å². The van der Waals surface area contributed by atoms with Gasteiger partial charge in [-0.05, 0) is 32.8 Å². The largest absolute Gasteiger partial charge is 0.464 e. The van der Waals surface area contributed by atoms with Gasteiger partial charge in [-0.3, -0.25) is 0 Å². The van der Waals surface area contributed by atoms with Crippen LogP contribution in [0.3, 0.4) is 0 Å². The Hall–Kier alpha value is -2.04. The van der Waals surface area contributed by atoms with E-state index >= 15 is 0 Å². The predicted molar refractivity (Wildman–Crippen MR) is 145 cm³/mol. The maximum atomic E-state index is 12.7. The van der Waals surface area contributed by atoms with Crippen molar-refractivity contribution in [3.8, 4) is 0 Å². The van der Waals surface area contributed by atoms with Crippen molar-refractivity contribution >= 4 is 12.1 Å². The molecule has 0 aliphatic heterocycles. The summed E-state index contributed by atoms with van der Waals surface area (Å²) in [5.74, 6) is -0.408. The molecule has 0 radical (unpaired) electrons. The van der Waals surface area contributed by atoms with Crippen molar-refractivity contribution in [2.75, 3.05) is 6.61 Å². The van der Waals surface area contributed by atoms with Crippen LogP contribution in [0.25, 0.3) is 0 Å². The Morgan fingerprint density at radius 1 is 0.771 bits per heavy atom. The van der Waals surface area contributed by atoms with Crippen molar-refractivity contribution in [3.05, 3.63) is 35.9 Å². The lowest BCUT2D eigenvalue weighted by atomic mass is 10.0. The molecule has 0 aliphatic rings. The molecular formula is C30H51NO4. The van der Waals surface area contributed by atoms with E-state index in [4.69, 9.17) is 9.47 Å². The van der Waals surface area contributed by atoms with Gasteiger partial charge in [-0.25, -0.2) is 9.59 Å². The first-order chi connectivity index (χ1) is 16.8. The lowest BCUT2D eigenvalue weighted by Gasteiger charge is -2.23. The smallest absolute Gasteiger partial charge is 0.408 e. The molecule has 0 bridgehead atoms. The molecule has 0 fully saturated rings. The number of ether oxygens (including phenoxy) is 2. The first-order valence-electron chi connectivity index (χ1n) is 14.0. The maximum absolute atomic E-state index is 12.7. The Bertz CT molecular complexity index is 669. The van der Waals surface area contributed by atoms with Crippen molar-refractivity contribution in [1.29, 1.82) is 0 Å². The van der Waals surface area contributed by atoms with Crippen LogP contribution in [0.4, 0.5) is 4.79 Å². The third kappa shape index (κ3) is 18.0. The summed E-state index contributed by atoms with van der Waals surface area (Å²) in [5, 5.41) is 2.69. The average molecular weight is 490 g/mol. The van der Waals surface area contributed by atoms with Gasteiger partial charge < -0.3 is 14.8 Å². The molecule has 1 aromatic rings. The summed E-state index contributed by atoms with van der Waals surface area (Å²) in [6.45, 7) is 8.05. The van der Waals surface area contributed by atoms with E-state index in [1.807, 2.05) is 30.3 Å². The quantitative estimate of drug-likeness (QED) is 0.157. The molecule has 0 saturated heterocycles. The summed E-state index contributed by atoms with van der Waals surface area (Å²) in [4.78, 5) is 24.9. The van der Waals surface area contributed by atoms with E-state index in [9.17, 15) is 9.59 Å². The van der Waals surface area contributed by atoms with Crippen molar-refractivity contribution in [2.24, 2.45) is 0 Å². The van der Waals surface area contributed by atoms with Crippen LogP contribution in [-0.2, 0) is 20.7 Å². The van der Waals surface area contributed by atoms with E-state index in [1.165, 1.54) is 77.0 Å². The van der Waals surface area contributed by atoms with Gasteiger partial charge in [0.05, 0.1) is 6.61 Å². The maximum Gasteiger partial charge on any atom is 0.408 e. The molecule has 1 rings (SSSR count). The van der Waals surface area contributed by atoms with E-state index in [2.05, 4.69) is 12.2 Å². The number of hydrogen-bond acceptors (Lipinski definition) is 4. The fraction of sp³-hybridized carbons (Fsp3) is 0.733. The Balaban J connectivity index is 2.18. The van der Waals surface area contributed by atoms with Crippen molar-refractivity contribution in [1.82, 2.24) is 5.32 Å². The standard InChI is InChI=1S/C30H51NO4/c1-5-6-7-8-9-10-11-12-13-14-15-16-17-21-24-34-28(32)27(25-26-22-19-18-20-23-26)31-29(33)35-30(2,3)4/h18-20,22-23,27H,5-17,21,24-25H2,1-4H3,(H,31,33)/t27-/m0/s1. The van der Waals surface area contributed by atoms with Gasteiger partial charge in [0.1, 0.15) is 11.6 Å². The van der Waals surface area contributed by atoms with E-state index in [-0.39, 0.29) is 0 Å². The highest BCUT2D eigenvalue weighted by Gasteiger charge is 2.25. The van der Waals surface area contributed by atoms with E-state index in [1.54, 1.807) is 20.8 Å². The lowest BCUT2D eigenvalue weighted by molar-refractivity contribution is -0.146. The number of rotatable bonds is 19. The van der Waals surface area contributed by atoms with Gasteiger partial charge in [-0.15, -0.1) is 0 Å². The molecular weight excluding hydrogens is 438 g/mol. The van der Waals surface area contributed by atoms with Crippen molar-refractivity contribution < 1.29 is 19.1 Å². The van der Waals surface area contributed by atoms with Crippen LogP contribution in [0, 0.1) is 0 Å². The molecule has 0 aromatic heterocycles. The molecule has 5 heteroatoms. The molecule has 0 spiro atoms. The predicted octanol–water partition coefficient (Wildman–Crippen LogP) is 8.15. The molecule has 0 aliphatic carbocycles. The minimum Gasteiger partial charge on any atom is -0.464 e. The van der Waals surface area contributed by atoms with Gasteiger partial charge in [-0.1, -0.05) is 121 Å². The zero-order valence-corrected chi connectivity index (χ0v) is 22.9. The van der Waals surface area contributed by atoms with E-state index < -0.39 is 23.7 Å². The number of esters is 1. The summed E-state index contributed by atoms with van der Waals surface area (Å²) >= 11 is 0. The highest BCUT2D eigenvalue weighted by atomic mass is 16.6. The highest BCUT2D eigenvalue weighted by molar-refractivity contribution is 5.81. The second-order valence-corrected chi connectivity index (χ2v) is 10.7. The Kier molecular flexibility index (Phi) is 17.0. The molecule has 0 saturated carbocycles. The van der Waals surface area contributed by atoms with Crippen LogP contribution in [0.1, 0.15) is 123 Å². The van der Waals surface area contributed by atoms with Crippen molar-refractivity contribution in [3.63, 3.8) is 0 Å². The SMILES string of the molecule is CCCCCCCCCCCCCCCCOC(=O)[C@H](Cc1ccccc1)NC(=O)OC(C)(C)C. The van der Waals surface area contributed by atoms with Gasteiger partial charge in [0, 0.05) is 6.42 Å². The summed E-state index contributed by atoms with van der Waals surface area (Å²) in [6.07, 6.45) is 17.8. The van der Waals surface area contributed by atoms with Gasteiger partial charge in [0.2, 0.25) is 0 Å². The molecule has 1 aromatic carbocycles. The summed E-state index contributed by atoms with van der Waals surface area (Å²) in [5.41, 5.74) is 0.335. The molecule has 0 heterocycles.